The van der Waals surface area contributed by atoms with Gasteiger partial charge in [0.15, 0.2) is 0 Å². The van der Waals surface area contributed by atoms with Crippen LogP contribution < -0.4 is 10.6 Å². The zero-order valence-corrected chi connectivity index (χ0v) is 17.7. The summed E-state index contributed by atoms with van der Waals surface area (Å²) < 4.78 is 43.6. The number of nitrogens with one attached hydrogen (secondary N) is 2. The molecule has 1 unspecified atom stereocenters. The number of fused-ring (bicyclic) bond motifs is 2. The summed E-state index contributed by atoms with van der Waals surface area (Å²) >= 11 is 0. The highest BCUT2D eigenvalue weighted by Crippen LogP contribution is 2.89. The Morgan fingerprint density at radius 3 is 2.39 bits per heavy atom. The molecule has 1 saturated heterocycles. The summed E-state index contributed by atoms with van der Waals surface area (Å²) in [6, 6.07) is 1.13. The average Bonchev–Trinajstić information content (AvgIpc) is 3.06. The predicted molar refractivity (Wildman–Crippen MR) is 108 cm³/mol. The molecule has 2 aliphatic heterocycles. The van der Waals surface area contributed by atoms with E-state index in [4.69, 9.17) is 0 Å². The Hall–Kier alpha value is -2.91. The van der Waals surface area contributed by atoms with Gasteiger partial charge in [0.1, 0.15) is 11.9 Å². The quantitative estimate of drug-likeness (QED) is 0.673. The number of halogens is 3. The van der Waals surface area contributed by atoms with Crippen LogP contribution in [-0.2, 0) is 9.59 Å². The second kappa shape index (κ2) is 6.36. The molecule has 2 heterocycles. The van der Waals surface area contributed by atoms with Crippen LogP contribution in [-0.4, -0.2) is 47.0 Å². The highest BCUT2D eigenvalue weighted by Gasteiger charge is 2.93. The van der Waals surface area contributed by atoms with Gasteiger partial charge in [0.05, 0.1) is 16.8 Å². The van der Waals surface area contributed by atoms with Gasteiger partial charge in [-0.2, -0.15) is 0 Å². The van der Waals surface area contributed by atoms with Gasteiger partial charge in [0.25, 0.3) is 17.7 Å². The van der Waals surface area contributed by atoms with Gasteiger partial charge >= 0.3 is 0 Å². The fourth-order valence-electron chi connectivity index (χ4n) is 6.73. The number of carbonyl (C=O) groups is 4. The van der Waals surface area contributed by atoms with Crippen molar-refractivity contribution in [2.75, 3.05) is 11.9 Å². The monoisotopic (exact) mass is 461 g/mol. The second-order valence-electron chi connectivity index (χ2n) is 10.0. The van der Waals surface area contributed by atoms with E-state index < -0.39 is 52.2 Å². The number of hydrogen-bond acceptors (Lipinski definition) is 5. The molecule has 6 rings (SSSR count). The summed E-state index contributed by atoms with van der Waals surface area (Å²) in [4.78, 5) is 50.4. The SMILES string of the molecule is O=C1CCC(N2C(=O)c3ccc(F)c(NCC4CC5(C4)C(F)(F)C54CCC4)c3C2=O)C(=O)N1. The van der Waals surface area contributed by atoms with Gasteiger partial charge in [-0.25, -0.2) is 13.2 Å². The van der Waals surface area contributed by atoms with Crippen molar-refractivity contribution in [1.29, 1.82) is 0 Å². The molecule has 7 nitrogen and oxygen atoms in total. The summed E-state index contributed by atoms with van der Waals surface area (Å²) in [5, 5.41) is 5.01. The molecule has 3 aliphatic carbocycles. The van der Waals surface area contributed by atoms with E-state index in [0.29, 0.717) is 25.7 Å². The normalized spacial score (nSPS) is 33.0. The molecule has 2 spiro atoms. The first-order chi connectivity index (χ1) is 15.6. The van der Waals surface area contributed by atoms with Crippen molar-refractivity contribution >= 4 is 29.3 Å². The molecule has 33 heavy (non-hydrogen) atoms. The maximum atomic E-state index is 14.7. The fraction of sp³-hybridized carbons (Fsp3) is 0.565. The lowest BCUT2D eigenvalue weighted by atomic mass is 9.62. The lowest BCUT2D eigenvalue weighted by Crippen LogP contribution is -2.54. The van der Waals surface area contributed by atoms with Crippen LogP contribution in [0.3, 0.4) is 0 Å². The van der Waals surface area contributed by atoms with Crippen LogP contribution >= 0.6 is 0 Å². The van der Waals surface area contributed by atoms with Crippen molar-refractivity contribution < 1.29 is 32.3 Å². The highest BCUT2D eigenvalue weighted by atomic mass is 19.3. The number of nitrogens with zero attached hydrogens (tertiary/aromatic N) is 1. The number of alkyl halides is 2. The topological polar surface area (TPSA) is 95.6 Å². The first-order valence-electron chi connectivity index (χ1n) is 11.3. The van der Waals surface area contributed by atoms with Crippen LogP contribution in [0.5, 0.6) is 0 Å². The van der Waals surface area contributed by atoms with E-state index in [-0.39, 0.29) is 42.1 Å². The molecule has 10 heteroatoms. The van der Waals surface area contributed by atoms with E-state index >= 15 is 0 Å². The third-order valence-electron chi connectivity index (χ3n) is 8.66. The largest absolute Gasteiger partial charge is 0.382 e. The number of anilines is 1. The molecular formula is C23H22F3N3O4. The molecule has 5 aliphatic rings. The van der Waals surface area contributed by atoms with E-state index in [1.165, 1.54) is 6.07 Å². The van der Waals surface area contributed by atoms with Crippen LogP contribution in [0.4, 0.5) is 18.9 Å². The Morgan fingerprint density at radius 2 is 1.79 bits per heavy atom. The average molecular weight is 461 g/mol. The van der Waals surface area contributed by atoms with E-state index in [1.54, 1.807) is 0 Å². The molecule has 0 bridgehead atoms. The van der Waals surface area contributed by atoms with Gasteiger partial charge in [-0.05, 0) is 50.2 Å². The maximum absolute atomic E-state index is 14.7. The van der Waals surface area contributed by atoms with E-state index in [0.717, 1.165) is 17.4 Å². The van der Waals surface area contributed by atoms with Gasteiger partial charge in [0.2, 0.25) is 11.8 Å². The van der Waals surface area contributed by atoms with Crippen LogP contribution in [0.2, 0.25) is 0 Å². The van der Waals surface area contributed by atoms with Crippen LogP contribution in [0, 0.1) is 22.6 Å². The van der Waals surface area contributed by atoms with Crippen LogP contribution in [0.1, 0.15) is 65.7 Å². The first kappa shape index (κ1) is 20.7. The standard InChI is InChI=1S/C23H22F3N3O4/c24-13-3-2-12-16(20(33)29(19(12)32)14-4-5-15(30)28-18(14)31)17(13)27-10-11-8-22(9-11)21(6-1-7-21)23(22,25)26/h2-3,11,14,27H,1,4-10H2,(H,28,30,31). The molecule has 4 fully saturated rings. The minimum atomic E-state index is -2.63. The van der Waals surface area contributed by atoms with Crippen molar-refractivity contribution in [3.05, 3.63) is 29.1 Å². The zero-order chi connectivity index (χ0) is 23.3. The Morgan fingerprint density at radius 1 is 1.06 bits per heavy atom. The second-order valence-corrected chi connectivity index (χ2v) is 10.0. The van der Waals surface area contributed by atoms with Crippen molar-refractivity contribution in [3.8, 4) is 0 Å². The summed E-state index contributed by atoms with van der Waals surface area (Å²) in [7, 11) is 0. The molecule has 2 N–H and O–H groups in total. The van der Waals surface area contributed by atoms with Crippen molar-refractivity contribution in [2.45, 2.75) is 56.9 Å². The van der Waals surface area contributed by atoms with Crippen molar-refractivity contribution in [3.63, 3.8) is 0 Å². The molecule has 4 amide bonds. The third kappa shape index (κ3) is 2.36. The number of amides is 4. The number of benzene rings is 1. The van der Waals surface area contributed by atoms with E-state index in [1.807, 2.05) is 0 Å². The summed E-state index contributed by atoms with van der Waals surface area (Å²) in [6.45, 7) is 0.209. The molecule has 1 aromatic rings. The van der Waals surface area contributed by atoms with Crippen LogP contribution in [0.15, 0.2) is 12.1 Å². The number of carbonyl (C=O) groups excluding carboxylic acids is 4. The molecule has 0 radical (unpaired) electrons. The Balaban J connectivity index is 1.20. The van der Waals surface area contributed by atoms with E-state index in [2.05, 4.69) is 10.6 Å². The number of imide groups is 2. The van der Waals surface area contributed by atoms with Crippen LogP contribution in [0.25, 0.3) is 0 Å². The predicted octanol–water partition coefficient (Wildman–Crippen LogP) is 2.85. The van der Waals surface area contributed by atoms with Crippen molar-refractivity contribution in [1.82, 2.24) is 10.2 Å². The summed E-state index contributed by atoms with van der Waals surface area (Å²) in [6.07, 6.45) is 2.67. The lowest BCUT2D eigenvalue weighted by molar-refractivity contribution is -0.136. The molecular weight excluding hydrogens is 439 g/mol. The zero-order valence-electron chi connectivity index (χ0n) is 17.7. The number of piperidine rings is 1. The smallest absolute Gasteiger partial charge is 0.264 e. The molecule has 1 aromatic carbocycles. The molecule has 174 valence electrons. The highest BCUT2D eigenvalue weighted by molar-refractivity contribution is 6.25. The fourth-order valence-corrected chi connectivity index (χ4v) is 6.73. The van der Waals surface area contributed by atoms with Gasteiger partial charge in [-0.15, -0.1) is 0 Å². The Labute approximate surface area is 187 Å². The minimum Gasteiger partial charge on any atom is -0.382 e. The maximum Gasteiger partial charge on any atom is 0.264 e. The first-order valence-corrected chi connectivity index (χ1v) is 11.3. The third-order valence-corrected chi connectivity index (χ3v) is 8.66. The number of rotatable bonds is 4. The molecule has 3 saturated carbocycles. The summed E-state index contributed by atoms with van der Waals surface area (Å²) in [5.74, 6) is -6.20. The number of hydrogen-bond donors (Lipinski definition) is 2. The minimum absolute atomic E-state index is 0.00149. The van der Waals surface area contributed by atoms with Gasteiger partial charge in [0, 0.05) is 23.8 Å². The van der Waals surface area contributed by atoms with Gasteiger partial charge in [-0.3, -0.25) is 29.4 Å². The van der Waals surface area contributed by atoms with E-state index in [9.17, 15) is 32.3 Å². The van der Waals surface area contributed by atoms with Gasteiger partial charge < -0.3 is 5.32 Å². The Kier molecular flexibility index (Phi) is 3.98. The van der Waals surface area contributed by atoms with Gasteiger partial charge in [-0.1, -0.05) is 6.42 Å². The molecule has 1 atom stereocenters. The lowest BCUT2D eigenvalue weighted by Gasteiger charge is -2.41. The Bertz CT molecular complexity index is 1140. The summed E-state index contributed by atoms with van der Waals surface area (Å²) in [5.41, 5.74) is -2.09. The molecule has 0 aromatic heterocycles. The van der Waals surface area contributed by atoms with Crippen molar-refractivity contribution in [2.24, 2.45) is 16.7 Å².